The number of aryl methyl sites for hydroxylation is 1. The molecule has 0 N–H and O–H groups in total. The molecule has 0 unspecified atom stereocenters. The van der Waals surface area contributed by atoms with Crippen molar-refractivity contribution < 1.29 is 18.7 Å². The highest BCUT2D eigenvalue weighted by molar-refractivity contribution is 6.17. The Bertz CT molecular complexity index is 1380. The van der Waals surface area contributed by atoms with Crippen molar-refractivity contribution in [3.05, 3.63) is 75.1 Å². The molecule has 0 saturated carbocycles. The zero-order chi connectivity index (χ0) is 24.2. The van der Waals surface area contributed by atoms with Gasteiger partial charge in [0.25, 0.3) is 11.8 Å². The Kier molecular flexibility index (Phi) is 5.32. The van der Waals surface area contributed by atoms with Gasteiger partial charge in [0.15, 0.2) is 11.0 Å². The van der Waals surface area contributed by atoms with Gasteiger partial charge in [-0.05, 0) is 52.3 Å². The highest BCUT2D eigenvalue weighted by atomic mass is 16.5. The van der Waals surface area contributed by atoms with E-state index in [2.05, 4.69) is 0 Å². The second kappa shape index (κ2) is 8.09. The zero-order valence-corrected chi connectivity index (χ0v) is 19.9. The van der Waals surface area contributed by atoms with Gasteiger partial charge in [0, 0.05) is 25.3 Å². The maximum absolute atomic E-state index is 14.2. The van der Waals surface area contributed by atoms with Gasteiger partial charge in [-0.1, -0.05) is 29.8 Å². The summed E-state index contributed by atoms with van der Waals surface area (Å²) < 4.78 is 11.7. The molecule has 2 amide bonds. The fourth-order valence-electron chi connectivity index (χ4n) is 5.26. The number of fused-ring (bicyclic) bond motifs is 5. The smallest absolute Gasteiger partial charge is 0.291 e. The molecule has 2 aliphatic rings. The molecule has 176 valence electrons. The lowest BCUT2D eigenvalue weighted by Gasteiger charge is -2.34. The number of carbonyl (C=O) groups is 2. The van der Waals surface area contributed by atoms with Crippen LogP contribution in [-0.2, 0) is 15.1 Å². The number of anilines is 1. The first-order valence-electron chi connectivity index (χ1n) is 11.7. The number of hydrogen-bond acceptors (Lipinski definition) is 5. The number of ether oxygens (including phenoxy) is 1. The second-order valence-corrected chi connectivity index (χ2v) is 9.14. The molecule has 1 atom stereocenters. The van der Waals surface area contributed by atoms with E-state index in [1.165, 1.54) is 4.90 Å². The fourth-order valence-corrected chi connectivity index (χ4v) is 5.26. The molecule has 0 fully saturated rings. The molecule has 7 nitrogen and oxygen atoms in total. The molecule has 1 spiro atoms. The number of benzene rings is 2. The highest BCUT2D eigenvalue weighted by Crippen LogP contribution is 2.52. The quantitative estimate of drug-likeness (QED) is 0.520. The fraction of sp³-hybridized carbons (Fsp3) is 0.370. The van der Waals surface area contributed by atoms with Crippen LogP contribution in [0.1, 0.15) is 54.4 Å². The van der Waals surface area contributed by atoms with E-state index in [0.29, 0.717) is 41.8 Å². The van der Waals surface area contributed by atoms with Crippen LogP contribution in [0.4, 0.5) is 5.69 Å². The number of carbonyl (C=O) groups excluding carboxylic acids is 2. The molecule has 2 aromatic carbocycles. The minimum absolute atomic E-state index is 0.0489. The van der Waals surface area contributed by atoms with Crippen molar-refractivity contribution in [2.45, 2.75) is 45.8 Å². The van der Waals surface area contributed by atoms with E-state index in [-0.39, 0.29) is 35.3 Å². The normalized spacial score (nSPS) is 19.1. The third-order valence-corrected chi connectivity index (χ3v) is 6.68. The molecule has 0 radical (unpaired) electrons. The molecule has 3 aromatic rings. The van der Waals surface area contributed by atoms with Gasteiger partial charge in [0.2, 0.25) is 5.76 Å². The minimum atomic E-state index is -1.55. The van der Waals surface area contributed by atoms with Gasteiger partial charge >= 0.3 is 0 Å². The highest BCUT2D eigenvalue weighted by Gasteiger charge is 2.64. The molecule has 34 heavy (non-hydrogen) atoms. The minimum Gasteiger partial charge on any atom is -0.450 e. The van der Waals surface area contributed by atoms with Crippen LogP contribution in [0.5, 0.6) is 0 Å². The number of amides is 2. The van der Waals surface area contributed by atoms with Crippen LogP contribution in [0.15, 0.2) is 51.7 Å². The van der Waals surface area contributed by atoms with Crippen LogP contribution in [-0.4, -0.2) is 42.5 Å². The van der Waals surface area contributed by atoms with E-state index in [1.807, 2.05) is 58.0 Å². The average Bonchev–Trinajstić information content (AvgIpc) is 3.21. The largest absolute Gasteiger partial charge is 0.450 e. The maximum atomic E-state index is 14.2. The Morgan fingerprint density at radius 3 is 2.59 bits per heavy atom. The Balaban J connectivity index is 1.78. The van der Waals surface area contributed by atoms with E-state index >= 15 is 0 Å². The van der Waals surface area contributed by atoms with E-state index in [1.54, 1.807) is 17.0 Å². The van der Waals surface area contributed by atoms with Crippen LogP contribution < -0.4 is 10.3 Å². The topological polar surface area (TPSA) is 80.1 Å². The summed E-state index contributed by atoms with van der Waals surface area (Å²) in [6.45, 7) is 8.78. The first kappa shape index (κ1) is 22.3. The summed E-state index contributed by atoms with van der Waals surface area (Å²) in [4.78, 5) is 45.1. The van der Waals surface area contributed by atoms with Crippen molar-refractivity contribution in [2.24, 2.45) is 0 Å². The lowest BCUT2D eigenvalue weighted by molar-refractivity contribution is -0.126. The number of para-hydroxylation sites is 1. The van der Waals surface area contributed by atoms with Gasteiger partial charge in [-0.15, -0.1) is 0 Å². The predicted octanol–water partition coefficient (Wildman–Crippen LogP) is 3.98. The van der Waals surface area contributed by atoms with Gasteiger partial charge in [0.05, 0.1) is 22.7 Å². The standard InChI is InChI=1S/C27H28N2O5/c1-5-28-20-10-7-6-9-19(20)27(26(28)32)22-23(30)18-15-17(4)11-12-21(18)34-24(22)25(31)29(27)13-8-14-33-16(2)3/h6-7,9-12,15-16H,5,8,13-14H2,1-4H3/t27-/m0/s1. The summed E-state index contributed by atoms with van der Waals surface area (Å²) in [6, 6.07) is 12.7. The van der Waals surface area contributed by atoms with Crippen LogP contribution in [0.25, 0.3) is 11.0 Å². The predicted molar refractivity (Wildman–Crippen MR) is 129 cm³/mol. The number of rotatable bonds is 6. The Morgan fingerprint density at radius 2 is 1.85 bits per heavy atom. The summed E-state index contributed by atoms with van der Waals surface area (Å²) in [6.07, 6.45) is 0.579. The van der Waals surface area contributed by atoms with Gasteiger partial charge in [-0.2, -0.15) is 0 Å². The lowest BCUT2D eigenvalue weighted by atomic mass is 9.84. The van der Waals surface area contributed by atoms with E-state index < -0.39 is 11.4 Å². The van der Waals surface area contributed by atoms with E-state index in [4.69, 9.17) is 9.15 Å². The maximum Gasteiger partial charge on any atom is 0.291 e. The SMILES string of the molecule is CCN1C(=O)[C@]2(c3ccccc31)c1c(oc3ccc(C)cc3c1=O)C(=O)N2CCCOC(C)C. The second-order valence-electron chi connectivity index (χ2n) is 9.14. The Labute approximate surface area is 197 Å². The van der Waals surface area contributed by atoms with Crippen molar-refractivity contribution in [3.8, 4) is 0 Å². The van der Waals surface area contributed by atoms with Crippen molar-refractivity contribution >= 4 is 28.5 Å². The lowest BCUT2D eigenvalue weighted by Crippen LogP contribution is -2.53. The van der Waals surface area contributed by atoms with Gasteiger partial charge in [0.1, 0.15) is 5.58 Å². The summed E-state index contributed by atoms with van der Waals surface area (Å²) >= 11 is 0. The van der Waals surface area contributed by atoms with Crippen molar-refractivity contribution in [1.82, 2.24) is 4.90 Å². The van der Waals surface area contributed by atoms with Gasteiger partial charge < -0.3 is 19.0 Å². The molecule has 0 aliphatic carbocycles. The summed E-state index contributed by atoms with van der Waals surface area (Å²) in [5.74, 6) is -0.792. The third kappa shape index (κ3) is 2.96. The van der Waals surface area contributed by atoms with Crippen LogP contribution in [0.2, 0.25) is 0 Å². The van der Waals surface area contributed by atoms with E-state index in [0.717, 1.165) is 5.56 Å². The van der Waals surface area contributed by atoms with Crippen LogP contribution in [0.3, 0.4) is 0 Å². The molecule has 0 bridgehead atoms. The zero-order valence-electron chi connectivity index (χ0n) is 19.9. The molecule has 3 heterocycles. The van der Waals surface area contributed by atoms with E-state index in [9.17, 15) is 14.4 Å². The number of likely N-dealkylation sites (N-methyl/N-ethyl adjacent to an activating group) is 1. The molecule has 5 rings (SSSR count). The summed E-state index contributed by atoms with van der Waals surface area (Å²) in [5, 5.41) is 0.371. The molecular weight excluding hydrogens is 432 g/mol. The molecule has 7 heteroatoms. The molecule has 2 aliphatic heterocycles. The van der Waals surface area contributed by atoms with Gasteiger partial charge in [-0.3, -0.25) is 14.4 Å². The average molecular weight is 461 g/mol. The number of hydrogen-bond donors (Lipinski definition) is 0. The van der Waals surface area contributed by atoms with Crippen molar-refractivity contribution in [2.75, 3.05) is 24.6 Å². The molecule has 0 saturated heterocycles. The first-order chi connectivity index (χ1) is 16.3. The molecular formula is C27H28N2O5. The Morgan fingerprint density at radius 1 is 1.09 bits per heavy atom. The summed E-state index contributed by atoms with van der Waals surface area (Å²) in [7, 11) is 0. The number of nitrogens with zero attached hydrogens (tertiary/aromatic N) is 2. The van der Waals surface area contributed by atoms with Crippen LogP contribution >= 0.6 is 0 Å². The summed E-state index contributed by atoms with van der Waals surface area (Å²) in [5.41, 5.74) is 0.822. The van der Waals surface area contributed by atoms with Crippen molar-refractivity contribution in [1.29, 1.82) is 0 Å². The van der Waals surface area contributed by atoms with Crippen LogP contribution in [0, 0.1) is 6.92 Å². The molecule has 1 aromatic heterocycles. The third-order valence-electron chi connectivity index (χ3n) is 6.68. The first-order valence-corrected chi connectivity index (χ1v) is 11.7. The van der Waals surface area contributed by atoms with Gasteiger partial charge in [-0.25, -0.2) is 0 Å². The monoisotopic (exact) mass is 460 g/mol. The van der Waals surface area contributed by atoms with Crippen molar-refractivity contribution in [3.63, 3.8) is 0 Å². The Hall–Kier alpha value is -3.45.